The van der Waals surface area contributed by atoms with E-state index in [4.69, 9.17) is 0 Å². The number of carbonyl (C=O) groups is 2. The van der Waals surface area contributed by atoms with Gasteiger partial charge < -0.3 is 10.2 Å². The summed E-state index contributed by atoms with van der Waals surface area (Å²) in [5.74, 6) is 0.207. The van der Waals surface area contributed by atoms with Crippen LogP contribution in [0.2, 0.25) is 0 Å². The summed E-state index contributed by atoms with van der Waals surface area (Å²) in [6.07, 6.45) is 9.03. The number of aryl methyl sites for hydroxylation is 1. The quantitative estimate of drug-likeness (QED) is 0.807. The fourth-order valence-corrected chi connectivity index (χ4v) is 4.53. The van der Waals surface area contributed by atoms with Crippen molar-refractivity contribution >= 4 is 11.8 Å². The fraction of sp³-hybridized carbons (Fsp3) is 0.545. The molecule has 0 unspecified atom stereocenters. The number of amides is 2. The Morgan fingerprint density at radius 3 is 2.70 bits per heavy atom. The molecule has 1 atom stereocenters. The zero-order valence-corrected chi connectivity index (χ0v) is 17.5. The topological polar surface area (TPSA) is 83.4 Å². The summed E-state index contributed by atoms with van der Waals surface area (Å²) >= 11 is 0. The van der Waals surface area contributed by atoms with Crippen LogP contribution in [0.5, 0.6) is 0 Å². The van der Waals surface area contributed by atoms with Crippen molar-refractivity contribution in [2.24, 2.45) is 13.0 Å². The van der Waals surface area contributed by atoms with Crippen molar-refractivity contribution in [1.82, 2.24) is 29.9 Å². The predicted molar refractivity (Wildman–Crippen MR) is 113 cm³/mol. The van der Waals surface area contributed by atoms with Gasteiger partial charge >= 0.3 is 0 Å². The number of rotatable bonds is 5. The number of piperidine rings is 2. The van der Waals surface area contributed by atoms with E-state index in [0.717, 1.165) is 57.6 Å². The van der Waals surface area contributed by atoms with Crippen molar-refractivity contribution in [3.05, 3.63) is 48.0 Å². The lowest BCUT2D eigenvalue weighted by Gasteiger charge is -2.42. The average molecular weight is 411 g/mol. The van der Waals surface area contributed by atoms with Crippen molar-refractivity contribution in [2.45, 2.75) is 38.3 Å². The van der Waals surface area contributed by atoms with E-state index < -0.39 is 0 Å². The van der Waals surface area contributed by atoms with Gasteiger partial charge in [-0.2, -0.15) is 5.10 Å². The Labute approximate surface area is 177 Å². The molecule has 160 valence electrons. The molecule has 2 amide bonds. The SMILES string of the molecule is Cn1cc(C(=O)N2CCC(N3CCC[C@@H](C(=O)NCc4ccccn4)C3)CC2)cn1. The van der Waals surface area contributed by atoms with Gasteiger partial charge in [0.25, 0.3) is 5.91 Å². The maximum absolute atomic E-state index is 12.7. The number of nitrogens with one attached hydrogen (secondary N) is 1. The lowest BCUT2D eigenvalue weighted by molar-refractivity contribution is -0.127. The summed E-state index contributed by atoms with van der Waals surface area (Å²) in [5, 5.41) is 7.14. The zero-order valence-electron chi connectivity index (χ0n) is 17.5. The van der Waals surface area contributed by atoms with Crippen LogP contribution in [0.15, 0.2) is 36.8 Å². The van der Waals surface area contributed by atoms with Gasteiger partial charge in [-0.1, -0.05) is 6.07 Å². The van der Waals surface area contributed by atoms with Crippen molar-refractivity contribution in [3.8, 4) is 0 Å². The third-order valence-corrected chi connectivity index (χ3v) is 6.21. The van der Waals surface area contributed by atoms with Crippen LogP contribution in [0.25, 0.3) is 0 Å². The average Bonchev–Trinajstić information content (AvgIpc) is 3.24. The number of carbonyl (C=O) groups excluding carboxylic acids is 2. The molecule has 2 aromatic heterocycles. The molecule has 0 spiro atoms. The summed E-state index contributed by atoms with van der Waals surface area (Å²) in [4.78, 5) is 34.0. The minimum absolute atomic E-state index is 0.0255. The Balaban J connectivity index is 1.26. The molecule has 4 rings (SSSR count). The van der Waals surface area contributed by atoms with Gasteiger partial charge in [-0.25, -0.2) is 0 Å². The van der Waals surface area contributed by atoms with Gasteiger partial charge in [0, 0.05) is 45.1 Å². The van der Waals surface area contributed by atoms with E-state index in [9.17, 15) is 9.59 Å². The van der Waals surface area contributed by atoms with Gasteiger partial charge in [-0.05, 0) is 44.4 Å². The first-order valence-corrected chi connectivity index (χ1v) is 10.8. The highest BCUT2D eigenvalue weighted by Crippen LogP contribution is 2.24. The Morgan fingerprint density at radius 2 is 2.00 bits per heavy atom. The van der Waals surface area contributed by atoms with Crippen LogP contribution in [0, 0.1) is 5.92 Å². The van der Waals surface area contributed by atoms with Gasteiger partial charge in [0.15, 0.2) is 0 Å². The van der Waals surface area contributed by atoms with Crippen molar-refractivity contribution in [3.63, 3.8) is 0 Å². The molecule has 4 heterocycles. The summed E-state index contributed by atoms with van der Waals surface area (Å²) in [6.45, 7) is 3.82. The fourth-order valence-electron chi connectivity index (χ4n) is 4.53. The maximum Gasteiger partial charge on any atom is 0.257 e. The van der Waals surface area contributed by atoms with E-state index in [2.05, 4.69) is 20.3 Å². The molecule has 2 aliphatic heterocycles. The lowest BCUT2D eigenvalue weighted by Crippen LogP contribution is -2.51. The maximum atomic E-state index is 12.7. The Morgan fingerprint density at radius 1 is 1.17 bits per heavy atom. The molecule has 0 aliphatic carbocycles. The first-order valence-electron chi connectivity index (χ1n) is 10.8. The van der Waals surface area contributed by atoms with Gasteiger partial charge in [0.05, 0.1) is 29.9 Å². The third kappa shape index (κ3) is 4.87. The van der Waals surface area contributed by atoms with Crippen LogP contribution >= 0.6 is 0 Å². The van der Waals surface area contributed by atoms with Gasteiger partial charge in [-0.3, -0.25) is 24.2 Å². The first kappa shape index (κ1) is 20.5. The molecule has 1 N–H and O–H groups in total. The van der Waals surface area contributed by atoms with E-state index in [-0.39, 0.29) is 17.7 Å². The minimum Gasteiger partial charge on any atom is -0.350 e. The standard InChI is InChI=1S/C22H30N6O2/c1-26-15-18(13-25-26)22(30)27-11-7-20(8-12-27)28-10-4-5-17(16-28)21(29)24-14-19-6-2-3-9-23-19/h2-3,6,9,13,15,17,20H,4-5,7-8,10-12,14,16H2,1H3,(H,24,29)/t17-/m1/s1. The van der Waals surface area contributed by atoms with E-state index in [1.54, 1.807) is 23.3 Å². The van der Waals surface area contributed by atoms with Crippen LogP contribution in [0.4, 0.5) is 0 Å². The number of likely N-dealkylation sites (tertiary alicyclic amines) is 2. The number of aromatic nitrogens is 3. The van der Waals surface area contributed by atoms with Crippen LogP contribution in [-0.4, -0.2) is 68.6 Å². The normalized spacial score (nSPS) is 20.8. The first-order chi connectivity index (χ1) is 14.6. The molecule has 0 saturated carbocycles. The van der Waals surface area contributed by atoms with Crippen molar-refractivity contribution < 1.29 is 9.59 Å². The molecule has 2 aromatic rings. The highest BCUT2D eigenvalue weighted by Gasteiger charge is 2.32. The van der Waals surface area contributed by atoms with E-state index in [1.807, 2.05) is 30.1 Å². The third-order valence-electron chi connectivity index (χ3n) is 6.21. The Kier molecular flexibility index (Phi) is 6.42. The highest BCUT2D eigenvalue weighted by atomic mass is 16.2. The number of hydrogen-bond donors (Lipinski definition) is 1. The zero-order chi connectivity index (χ0) is 20.9. The Hall–Kier alpha value is -2.74. The predicted octanol–water partition coefficient (Wildman–Crippen LogP) is 1.45. The second kappa shape index (κ2) is 9.38. The number of nitrogens with zero attached hydrogens (tertiary/aromatic N) is 5. The number of hydrogen-bond acceptors (Lipinski definition) is 5. The highest BCUT2D eigenvalue weighted by molar-refractivity contribution is 5.93. The van der Waals surface area contributed by atoms with Crippen molar-refractivity contribution in [2.75, 3.05) is 26.2 Å². The molecule has 8 nitrogen and oxygen atoms in total. The largest absolute Gasteiger partial charge is 0.350 e. The van der Waals surface area contributed by atoms with Crippen LogP contribution in [-0.2, 0) is 18.4 Å². The monoisotopic (exact) mass is 410 g/mol. The molecule has 2 fully saturated rings. The molecular weight excluding hydrogens is 380 g/mol. The lowest BCUT2D eigenvalue weighted by atomic mass is 9.93. The molecule has 0 radical (unpaired) electrons. The molecular formula is C22H30N6O2. The van der Waals surface area contributed by atoms with Gasteiger partial charge in [-0.15, -0.1) is 0 Å². The van der Waals surface area contributed by atoms with Crippen LogP contribution in [0.3, 0.4) is 0 Å². The molecule has 30 heavy (non-hydrogen) atoms. The summed E-state index contributed by atoms with van der Waals surface area (Å²) in [6, 6.07) is 6.17. The molecule has 0 bridgehead atoms. The number of pyridine rings is 1. The molecule has 0 aromatic carbocycles. The molecule has 8 heteroatoms. The molecule has 2 saturated heterocycles. The van der Waals surface area contributed by atoms with E-state index in [1.165, 1.54) is 0 Å². The minimum atomic E-state index is 0.0255. The van der Waals surface area contributed by atoms with E-state index in [0.29, 0.717) is 18.2 Å². The van der Waals surface area contributed by atoms with Gasteiger partial charge in [0.1, 0.15) is 0 Å². The van der Waals surface area contributed by atoms with E-state index >= 15 is 0 Å². The smallest absolute Gasteiger partial charge is 0.257 e. The summed E-state index contributed by atoms with van der Waals surface area (Å²) < 4.78 is 1.66. The second-order valence-electron chi connectivity index (χ2n) is 8.30. The second-order valence-corrected chi connectivity index (χ2v) is 8.30. The van der Waals surface area contributed by atoms with Crippen molar-refractivity contribution in [1.29, 1.82) is 0 Å². The Bertz CT molecular complexity index is 860. The molecule has 2 aliphatic rings. The van der Waals surface area contributed by atoms with Crippen LogP contribution < -0.4 is 5.32 Å². The summed E-state index contributed by atoms with van der Waals surface area (Å²) in [5.41, 5.74) is 1.53. The summed E-state index contributed by atoms with van der Waals surface area (Å²) in [7, 11) is 1.82. The van der Waals surface area contributed by atoms with Crippen LogP contribution in [0.1, 0.15) is 41.7 Å². The van der Waals surface area contributed by atoms with Gasteiger partial charge in [0.2, 0.25) is 5.91 Å².